The lowest BCUT2D eigenvalue weighted by Crippen LogP contribution is -2.42. The predicted octanol–water partition coefficient (Wildman–Crippen LogP) is 1.31. The molecule has 1 fully saturated rings. The molecule has 1 atom stereocenters. The van der Waals surface area contributed by atoms with Gasteiger partial charge in [0.2, 0.25) is 10.0 Å². The quantitative estimate of drug-likeness (QED) is 0.705. The molecule has 1 aliphatic rings. The fourth-order valence-corrected chi connectivity index (χ4v) is 4.67. The summed E-state index contributed by atoms with van der Waals surface area (Å²) in [7, 11) is -3.69. The summed E-state index contributed by atoms with van der Waals surface area (Å²) in [6.45, 7) is 3.10. The van der Waals surface area contributed by atoms with Crippen molar-refractivity contribution in [1.29, 1.82) is 0 Å². The Kier molecular flexibility index (Phi) is 7.09. The van der Waals surface area contributed by atoms with Crippen molar-refractivity contribution in [2.24, 2.45) is 0 Å². The molecular weight excluding hydrogens is 348 g/mol. The van der Waals surface area contributed by atoms with E-state index in [1.807, 2.05) is 0 Å². The van der Waals surface area contributed by atoms with Crippen molar-refractivity contribution in [1.82, 2.24) is 9.62 Å². The van der Waals surface area contributed by atoms with E-state index in [-0.39, 0.29) is 17.3 Å². The van der Waals surface area contributed by atoms with Gasteiger partial charge in [-0.2, -0.15) is 16.1 Å². The van der Waals surface area contributed by atoms with Crippen LogP contribution in [0.2, 0.25) is 0 Å². The number of carbonyl (C=O) groups excluding carboxylic acids is 1. The van der Waals surface area contributed by atoms with E-state index < -0.39 is 16.1 Å². The van der Waals surface area contributed by atoms with Gasteiger partial charge in [-0.3, -0.25) is 4.79 Å². The number of hydrogen-bond donors (Lipinski definition) is 2. The molecule has 2 rings (SSSR count). The second kappa shape index (κ2) is 8.84. The Hall–Kier alpha value is -1.09. The number of β-amino-alcohol motifs (C(OH)–C–C–N with tert-alkyl or cyclic N) is 1. The number of carbonyl (C=O) groups is 1. The van der Waals surface area contributed by atoms with Gasteiger partial charge >= 0.3 is 0 Å². The smallest absolute Gasteiger partial charge is 0.251 e. The zero-order valence-electron chi connectivity index (χ0n) is 13.8. The fourth-order valence-electron chi connectivity index (χ4n) is 2.57. The maximum Gasteiger partial charge on any atom is 0.251 e. The summed E-state index contributed by atoms with van der Waals surface area (Å²) >= 11 is 1.73. The summed E-state index contributed by atoms with van der Waals surface area (Å²) in [6.07, 6.45) is 0.621. The number of aliphatic hydroxyl groups excluding tert-OH is 1. The van der Waals surface area contributed by atoms with Gasteiger partial charge < -0.3 is 10.4 Å². The molecule has 6 nitrogen and oxygen atoms in total. The molecule has 0 saturated carbocycles. The molecule has 1 amide bonds. The SMILES string of the molecule is CCSCCNC(=O)c1cccc(S(=O)(=O)N2CCC[C@H](O)C2)c1. The second-order valence-electron chi connectivity index (χ2n) is 5.64. The van der Waals surface area contributed by atoms with E-state index in [0.29, 0.717) is 31.5 Å². The molecule has 1 aromatic rings. The van der Waals surface area contributed by atoms with Crippen molar-refractivity contribution in [2.75, 3.05) is 31.1 Å². The van der Waals surface area contributed by atoms with Crippen LogP contribution in [0.15, 0.2) is 29.2 Å². The third-order valence-corrected chi connectivity index (χ3v) is 6.59. The first-order valence-electron chi connectivity index (χ1n) is 8.09. The minimum absolute atomic E-state index is 0.0900. The number of piperidine rings is 1. The van der Waals surface area contributed by atoms with E-state index in [9.17, 15) is 18.3 Å². The van der Waals surface area contributed by atoms with Crippen molar-refractivity contribution in [3.63, 3.8) is 0 Å². The average molecular weight is 373 g/mol. The molecule has 0 bridgehead atoms. The lowest BCUT2D eigenvalue weighted by molar-refractivity contribution is 0.0955. The number of amides is 1. The first-order chi connectivity index (χ1) is 11.4. The maximum atomic E-state index is 12.7. The molecule has 24 heavy (non-hydrogen) atoms. The highest BCUT2D eigenvalue weighted by Crippen LogP contribution is 2.21. The lowest BCUT2D eigenvalue weighted by atomic mass is 10.1. The number of aliphatic hydroxyl groups is 1. The van der Waals surface area contributed by atoms with Crippen LogP contribution in [-0.2, 0) is 10.0 Å². The first kappa shape index (κ1) is 19.2. The highest BCUT2D eigenvalue weighted by molar-refractivity contribution is 7.99. The Labute approximate surface area is 147 Å². The van der Waals surface area contributed by atoms with Gasteiger partial charge in [-0.25, -0.2) is 8.42 Å². The van der Waals surface area contributed by atoms with Gasteiger partial charge in [0.05, 0.1) is 11.0 Å². The van der Waals surface area contributed by atoms with Crippen molar-refractivity contribution in [3.05, 3.63) is 29.8 Å². The standard InChI is InChI=1S/C16H24N2O4S2/c1-2-23-10-8-17-16(20)13-5-3-7-15(11-13)24(21,22)18-9-4-6-14(19)12-18/h3,5,7,11,14,19H,2,4,6,8-10,12H2,1H3,(H,17,20)/t14-/m0/s1. The van der Waals surface area contributed by atoms with Gasteiger partial charge in [0, 0.05) is 31.0 Å². The normalized spacial score (nSPS) is 19.2. The molecule has 1 saturated heterocycles. The van der Waals surface area contributed by atoms with Gasteiger partial charge in [0.15, 0.2) is 0 Å². The minimum atomic E-state index is -3.69. The van der Waals surface area contributed by atoms with Crippen LogP contribution in [0, 0.1) is 0 Å². The van der Waals surface area contributed by atoms with E-state index in [2.05, 4.69) is 12.2 Å². The molecule has 1 aromatic carbocycles. The largest absolute Gasteiger partial charge is 0.392 e. The number of nitrogens with zero attached hydrogens (tertiary/aromatic N) is 1. The van der Waals surface area contributed by atoms with E-state index in [0.717, 1.165) is 11.5 Å². The van der Waals surface area contributed by atoms with Crippen LogP contribution < -0.4 is 5.32 Å². The third kappa shape index (κ3) is 4.95. The zero-order valence-corrected chi connectivity index (χ0v) is 15.4. The number of benzene rings is 1. The Morgan fingerprint density at radius 3 is 2.96 bits per heavy atom. The van der Waals surface area contributed by atoms with Crippen LogP contribution in [0.4, 0.5) is 0 Å². The van der Waals surface area contributed by atoms with Crippen molar-refractivity contribution in [2.45, 2.75) is 30.8 Å². The number of hydrogen-bond acceptors (Lipinski definition) is 5. The summed E-state index contributed by atoms with van der Waals surface area (Å²) in [5.41, 5.74) is 0.329. The van der Waals surface area contributed by atoms with Crippen LogP contribution >= 0.6 is 11.8 Å². The topological polar surface area (TPSA) is 86.7 Å². The number of sulfonamides is 1. The summed E-state index contributed by atoms with van der Waals surface area (Å²) in [4.78, 5) is 12.2. The average Bonchev–Trinajstić information content (AvgIpc) is 2.58. The van der Waals surface area contributed by atoms with Crippen molar-refractivity contribution >= 4 is 27.7 Å². The fraction of sp³-hybridized carbons (Fsp3) is 0.562. The molecule has 0 aliphatic carbocycles. The minimum Gasteiger partial charge on any atom is -0.392 e. The van der Waals surface area contributed by atoms with Crippen LogP contribution in [0.1, 0.15) is 30.1 Å². The number of rotatable bonds is 7. The molecule has 0 unspecified atom stereocenters. The molecule has 8 heteroatoms. The Morgan fingerprint density at radius 1 is 1.46 bits per heavy atom. The van der Waals surface area contributed by atoms with Gasteiger partial charge in [-0.1, -0.05) is 13.0 Å². The zero-order chi connectivity index (χ0) is 17.6. The number of thioether (sulfide) groups is 1. The van der Waals surface area contributed by atoms with Crippen LogP contribution in [-0.4, -0.2) is 61.0 Å². The molecular formula is C16H24N2O4S2. The summed E-state index contributed by atoms with van der Waals surface area (Å²) in [6, 6.07) is 6.06. The predicted molar refractivity (Wildman–Crippen MR) is 95.8 cm³/mol. The van der Waals surface area contributed by atoms with E-state index in [4.69, 9.17) is 0 Å². The molecule has 1 heterocycles. The molecule has 2 N–H and O–H groups in total. The van der Waals surface area contributed by atoms with Gasteiger partial charge in [0.1, 0.15) is 0 Å². The highest BCUT2D eigenvalue weighted by atomic mass is 32.2. The maximum absolute atomic E-state index is 12.7. The van der Waals surface area contributed by atoms with Crippen molar-refractivity contribution in [3.8, 4) is 0 Å². The number of nitrogens with one attached hydrogen (secondary N) is 1. The Bertz CT molecular complexity index is 664. The molecule has 0 aromatic heterocycles. The highest BCUT2D eigenvalue weighted by Gasteiger charge is 2.29. The summed E-state index contributed by atoms with van der Waals surface area (Å²) in [5, 5.41) is 12.5. The molecule has 0 spiro atoms. The first-order valence-corrected chi connectivity index (χ1v) is 10.7. The monoisotopic (exact) mass is 372 g/mol. The van der Waals surface area contributed by atoms with E-state index in [1.54, 1.807) is 23.9 Å². The lowest BCUT2D eigenvalue weighted by Gasteiger charge is -2.29. The third-order valence-electron chi connectivity index (χ3n) is 3.83. The van der Waals surface area contributed by atoms with Gasteiger partial charge in [-0.15, -0.1) is 0 Å². The van der Waals surface area contributed by atoms with E-state index in [1.165, 1.54) is 16.4 Å². The summed E-state index contributed by atoms with van der Waals surface area (Å²) in [5.74, 6) is 1.54. The Balaban J connectivity index is 2.10. The molecule has 134 valence electrons. The second-order valence-corrected chi connectivity index (χ2v) is 8.97. The van der Waals surface area contributed by atoms with Crippen LogP contribution in [0.3, 0.4) is 0 Å². The van der Waals surface area contributed by atoms with Gasteiger partial charge in [0.25, 0.3) is 5.91 Å². The van der Waals surface area contributed by atoms with E-state index >= 15 is 0 Å². The van der Waals surface area contributed by atoms with Crippen LogP contribution in [0.5, 0.6) is 0 Å². The molecule has 1 aliphatic heterocycles. The van der Waals surface area contributed by atoms with Crippen molar-refractivity contribution < 1.29 is 18.3 Å². The van der Waals surface area contributed by atoms with Gasteiger partial charge in [-0.05, 0) is 36.8 Å². The molecule has 0 radical (unpaired) electrons. The van der Waals surface area contributed by atoms with Crippen LogP contribution in [0.25, 0.3) is 0 Å². The Morgan fingerprint density at radius 2 is 2.25 bits per heavy atom. The summed E-state index contributed by atoms with van der Waals surface area (Å²) < 4.78 is 26.7.